The molecule has 1 aliphatic rings. The molecular weight excluding hydrogens is 244 g/mol. The van der Waals surface area contributed by atoms with Crippen molar-refractivity contribution in [1.29, 1.82) is 0 Å². The number of nitrogens with one attached hydrogen (secondary N) is 1. The third kappa shape index (κ3) is 3.75. The van der Waals surface area contributed by atoms with E-state index in [0.717, 1.165) is 31.9 Å². The lowest BCUT2D eigenvalue weighted by Crippen LogP contribution is -2.47. The number of carbonyl (C=O) groups is 1. The summed E-state index contributed by atoms with van der Waals surface area (Å²) in [7, 11) is 0. The highest BCUT2D eigenvalue weighted by Crippen LogP contribution is 2.16. The molecule has 2 rings (SSSR count). The van der Waals surface area contributed by atoms with Crippen LogP contribution in [0.4, 0.5) is 0 Å². The second-order valence-electron chi connectivity index (χ2n) is 4.55. The average Bonchev–Trinajstić information content (AvgIpc) is 2.42. The summed E-state index contributed by atoms with van der Waals surface area (Å²) in [6.07, 6.45) is 0. The first-order valence-electron chi connectivity index (χ1n) is 6.38. The molecule has 1 aromatic carbocycles. The number of hydrogen-bond acceptors (Lipinski definition) is 3. The van der Waals surface area contributed by atoms with Crippen LogP contribution in [0, 0.1) is 6.92 Å². The number of carbonyl (C=O) groups excluding carboxylic acids is 1. The van der Waals surface area contributed by atoms with Gasteiger partial charge in [-0.1, -0.05) is 24.3 Å². The first kappa shape index (κ1) is 13.4. The number of aryl methyl sites for hydroxylation is 1. The van der Waals surface area contributed by atoms with E-state index in [1.807, 2.05) is 4.90 Å². The molecule has 0 spiro atoms. The highest BCUT2D eigenvalue weighted by molar-refractivity contribution is 7.99. The second-order valence-corrected chi connectivity index (χ2v) is 5.54. The SMILES string of the molecule is Cc1ccccc1CSCC(=O)N1CCNCC1. The minimum absolute atomic E-state index is 0.273. The fourth-order valence-electron chi connectivity index (χ4n) is 2.03. The van der Waals surface area contributed by atoms with E-state index in [1.165, 1.54) is 11.1 Å². The zero-order chi connectivity index (χ0) is 12.8. The summed E-state index contributed by atoms with van der Waals surface area (Å²) in [6.45, 7) is 5.67. The Labute approximate surface area is 113 Å². The normalized spacial score (nSPS) is 15.7. The Morgan fingerprint density at radius 3 is 2.78 bits per heavy atom. The molecule has 0 radical (unpaired) electrons. The first-order valence-corrected chi connectivity index (χ1v) is 7.53. The van der Waals surface area contributed by atoms with Crippen LogP contribution in [0.5, 0.6) is 0 Å². The van der Waals surface area contributed by atoms with Gasteiger partial charge in [0, 0.05) is 31.9 Å². The molecule has 0 saturated carbocycles. The van der Waals surface area contributed by atoms with E-state index in [9.17, 15) is 4.79 Å². The van der Waals surface area contributed by atoms with Crippen molar-refractivity contribution in [1.82, 2.24) is 10.2 Å². The molecule has 98 valence electrons. The van der Waals surface area contributed by atoms with Gasteiger partial charge in [0.1, 0.15) is 0 Å². The van der Waals surface area contributed by atoms with Crippen molar-refractivity contribution in [3.63, 3.8) is 0 Å². The van der Waals surface area contributed by atoms with Gasteiger partial charge in [-0.25, -0.2) is 0 Å². The van der Waals surface area contributed by atoms with E-state index in [1.54, 1.807) is 11.8 Å². The monoisotopic (exact) mass is 264 g/mol. The van der Waals surface area contributed by atoms with Crippen molar-refractivity contribution in [2.45, 2.75) is 12.7 Å². The van der Waals surface area contributed by atoms with Crippen LogP contribution in [0.2, 0.25) is 0 Å². The fraction of sp³-hybridized carbons (Fsp3) is 0.500. The van der Waals surface area contributed by atoms with Gasteiger partial charge in [-0.2, -0.15) is 0 Å². The van der Waals surface area contributed by atoms with Crippen molar-refractivity contribution in [2.24, 2.45) is 0 Å². The molecule has 1 aliphatic heterocycles. The molecule has 4 heteroatoms. The Kier molecular flexibility index (Phi) is 5.08. The summed E-state index contributed by atoms with van der Waals surface area (Å²) in [5, 5.41) is 3.26. The Morgan fingerprint density at radius 2 is 2.06 bits per heavy atom. The Morgan fingerprint density at radius 1 is 1.33 bits per heavy atom. The lowest BCUT2D eigenvalue weighted by Gasteiger charge is -2.27. The molecule has 1 heterocycles. The maximum absolute atomic E-state index is 12.0. The van der Waals surface area contributed by atoms with Crippen molar-refractivity contribution in [2.75, 3.05) is 31.9 Å². The lowest BCUT2D eigenvalue weighted by molar-refractivity contribution is -0.128. The minimum atomic E-state index is 0.273. The number of rotatable bonds is 4. The summed E-state index contributed by atoms with van der Waals surface area (Å²) in [6, 6.07) is 8.36. The standard InChI is InChI=1S/C14H20N2OS/c1-12-4-2-3-5-13(12)10-18-11-14(17)16-8-6-15-7-9-16/h2-5,15H,6-11H2,1H3. The van der Waals surface area contributed by atoms with Crippen LogP contribution in [-0.2, 0) is 10.5 Å². The van der Waals surface area contributed by atoms with Crippen LogP contribution < -0.4 is 5.32 Å². The summed E-state index contributed by atoms with van der Waals surface area (Å²) in [5.74, 6) is 1.79. The number of thioether (sulfide) groups is 1. The third-order valence-corrected chi connectivity index (χ3v) is 4.18. The van der Waals surface area contributed by atoms with Gasteiger partial charge < -0.3 is 10.2 Å². The highest BCUT2D eigenvalue weighted by Gasteiger charge is 2.15. The second kappa shape index (κ2) is 6.81. The van der Waals surface area contributed by atoms with Crippen LogP contribution >= 0.6 is 11.8 Å². The van der Waals surface area contributed by atoms with Crippen LogP contribution in [0.15, 0.2) is 24.3 Å². The van der Waals surface area contributed by atoms with E-state index in [4.69, 9.17) is 0 Å². The number of piperazine rings is 1. The van der Waals surface area contributed by atoms with E-state index in [2.05, 4.69) is 36.5 Å². The minimum Gasteiger partial charge on any atom is -0.339 e. The van der Waals surface area contributed by atoms with Gasteiger partial charge in [0.25, 0.3) is 0 Å². The predicted molar refractivity (Wildman–Crippen MR) is 76.8 cm³/mol. The van der Waals surface area contributed by atoms with Gasteiger partial charge in [0.15, 0.2) is 0 Å². The van der Waals surface area contributed by atoms with Crippen LogP contribution in [0.1, 0.15) is 11.1 Å². The summed E-state index contributed by atoms with van der Waals surface area (Å²) in [5.41, 5.74) is 2.63. The zero-order valence-corrected chi connectivity index (χ0v) is 11.6. The van der Waals surface area contributed by atoms with Crippen molar-refractivity contribution >= 4 is 17.7 Å². The number of hydrogen-bond donors (Lipinski definition) is 1. The largest absolute Gasteiger partial charge is 0.339 e. The van der Waals surface area contributed by atoms with Crippen LogP contribution in [0.3, 0.4) is 0 Å². The first-order chi connectivity index (χ1) is 8.77. The number of amides is 1. The molecule has 1 aromatic rings. The smallest absolute Gasteiger partial charge is 0.232 e. The molecule has 0 atom stereocenters. The molecule has 3 nitrogen and oxygen atoms in total. The topological polar surface area (TPSA) is 32.3 Å². The average molecular weight is 264 g/mol. The van der Waals surface area contributed by atoms with Crippen LogP contribution in [0.25, 0.3) is 0 Å². The van der Waals surface area contributed by atoms with E-state index < -0.39 is 0 Å². The lowest BCUT2D eigenvalue weighted by atomic mass is 10.1. The number of benzene rings is 1. The van der Waals surface area contributed by atoms with Crippen molar-refractivity contribution in [3.05, 3.63) is 35.4 Å². The molecule has 1 amide bonds. The molecule has 1 fully saturated rings. The summed E-state index contributed by atoms with van der Waals surface area (Å²) < 4.78 is 0. The fourth-order valence-corrected chi connectivity index (χ4v) is 3.03. The Balaban J connectivity index is 1.75. The third-order valence-electron chi connectivity index (χ3n) is 3.21. The van der Waals surface area contributed by atoms with Crippen LogP contribution in [-0.4, -0.2) is 42.7 Å². The summed E-state index contributed by atoms with van der Waals surface area (Å²) >= 11 is 1.71. The molecular formula is C14H20N2OS. The maximum atomic E-state index is 12.0. The van der Waals surface area contributed by atoms with E-state index in [-0.39, 0.29) is 5.91 Å². The van der Waals surface area contributed by atoms with E-state index in [0.29, 0.717) is 5.75 Å². The molecule has 1 saturated heterocycles. The van der Waals surface area contributed by atoms with Gasteiger partial charge >= 0.3 is 0 Å². The van der Waals surface area contributed by atoms with Gasteiger partial charge in [0.2, 0.25) is 5.91 Å². The molecule has 0 aliphatic carbocycles. The predicted octanol–water partition coefficient (Wildman–Crippen LogP) is 1.66. The van der Waals surface area contributed by atoms with E-state index >= 15 is 0 Å². The Hall–Kier alpha value is -1.00. The quantitative estimate of drug-likeness (QED) is 0.897. The van der Waals surface area contributed by atoms with Gasteiger partial charge in [-0.3, -0.25) is 4.79 Å². The molecule has 0 aromatic heterocycles. The molecule has 0 unspecified atom stereocenters. The summed E-state index contributed by atoms with van der Waals surface area (Å²) in [4.78, 5) is 13.9. The van der Waals surface area contributed by atoms with Crippen molar-refractivity contribution in [3.8, 4) is 0 Å². The zero-order valence-electron chi connectivity index (χ0n) is 10.8. The Bertz CT molecular complexity index is 403. The number of nitrogens with zero attached hydrogens (tertiary/aromatic N) is 1. The highest BCUT2D eigenvalue weighted by atomic mass is 32.2. The van der Waals surface area contributed by atoms with Crippen molar-refractivity contribution < 1.29 is 4.79 Å². The van der Waals surface area contributed by atoms with Gasteiger partial charge in [0.05, 0.1) is 5.75 Å². The molecule has 1 N–H and O–H groups in total. The molecule has 18 heavy (non-hydrogen) atoms. The molecule has 0 bridgehead atoms. The van der Waals surface area contributed by atoms with Gasteiger partial charge in [-0.15, -0.1) is 11.8 Å². The maximum Gasteiger partial charge on any atom is 0.232 e. The van der Waals surface area contributed by atoms with Gasteiger partial charge in [-0.05, 0) is 18.1 Å².